The number of rotatable bonds is 10. The summed E-state index contributed by atoms with van der Waals surface area (Å²) in [5.41, 5.74) is 2.52. The number of nitrogens with zero attached hydrogens (tertiary/aromatic N) is 7. The highest BCUT2D eigenvalue weighted by molar-refractivity contribution is 5.67. The van der Waals surface area contributed by atoms with Crippen LogP contribution in [0.25, 0.3) is 22.9 Å². The molecule has 1 unspecified atom stereocenters. The van der Waals surface area contributed by atoms with Crippen LogP contribution in [0, 0.1) is 6.92 Å². The summed E-state index contributed by atoms with van der Waals surface area (Å²) in [5, 5.41) is 22.0. The summed E-state index contributed by atoms with van der Waals surface area (Å²) in [6, 6.07) is 9.83. The van der Waals surface area contributed by atoms with Crippen LogP contribution < -0.4 is 15.0 Å². The van der Waals surface area contributed by atoms with E-state index >= 15 is 0 Å². The van der Waals surface area contributed by atoms with Gasteiger partial charge in [-0.15, -0.1) is 0 Å². The number of anilines is 1. The molecule has 1 aliphatic rings. The number of aromatic nitrogens is 6. The average Bonchev–Trinajstić information content (AvgIpc) is 3.67. The highest BCUT2D eigenvalue weighted by Gasteiger charge is 2.24. The number of hydrogen-bond donors (Lipinski definition) is 2. The topological polar surface area (TPSA) is 115 Å². The summed E-state index contributed by atoms with van der Waals surface area (Å²) in [5.74, 6) is 2.70. The van der Waals surface area contributed by atoms with E-state index in [0.717, 1.165) is 48.7 Å². The number of nitrogens with one attached hydrogen (secondary N) is 1. The zero-order valence-corrected chi connectivity index (χ0v) is 22.0. The van der Waals surface area contributed by atoms with Crippen LogP contribution in [0.3, 0.4) is 0 Å². The fourth-order valence-corrected chi connectivity index (χ4v) is 4.66. The molecule has 1 atom stereocenters. The first-order chi connectivity index (χ1) is 18.5. The van der Waals surface area contributed by atoms with Crippen LogP contribution in [0.15, 0.2) is 55.1 Å². The Labute approximate surface area is 222 Å². The molecule has 11 heteroatoms. The van der Waals surface area contributed by atoms with Gasteiger partial charge in [-0.1, -0.05) is 0 Å². The van der Waals surface area contributed by atoms with Gasteiger partial charge in [0, 0.05) is 74.8 Å². The molecule has 1 aliphatic heterocycles. The van der Waals surface area contributed by atoms with Crippen LogP contribution in [-0.2, 0) is 4.74 Å². The lowest BCUT2D eigenvalue weighted by Gasteiger charge is -2.33. The largest absolute Gasteiger partial charge is 0.491 e. The second kappa shape index (κ2) is 11.7. The summed E-state index contributed by atoms with van der Waals surface area (Å²) >= 11 is 0. The minimum Gasteiger partial charge on any atom is -0.491 e. The lowest BCUT2D eigenvalue weighted by molar-refractivity contribution is 0.0853. The minimum atomic E-state index is -0.640. The molecule has 1 saturated heterocycles. The number of aliphatic hydroxyl groups excluding tert-OH is 1. The van der Waals surface area contributed by atoms with Crippen LogP contribution in [0.4, 0.5) is 5.82 Å². The Kier molecular flexibility index (Phi) is 7.97. The Morgan fingerprint density at radius 1 is 1.11 bits per heavy atom. The van der Waals surface area contributed by atoms with Gasteiger partial charge in [0.25, 0.3) is 0 Å². The Morgan fingerprint density at radius 2 is 1.84 bits per heavy atom. The maximum absolute atomic E-state index is 10.2. The van der Waals surface area contributed by atoms with E-state index in [1.807, 2.05) is 49.6 Å². The highest BCUT2D eigenvalue weighted by atomic mass is 16.5. The number of hydrogen-bond acceptors (Lipinski definition) is 9. The monoisotopic (exact) mass is 518 g/mol. The molecule has 5 rings (SSSR count). The molecule has 0 bridgehead atoms. The van der Waals surface area contributed by atoms with Gasteiger partial charge in [-0.3, -0.25) is 0 Å². The molecule has 3 aromatic heterocycles. The van der Waals surface area contributed by atoms with Crippen LogP contribution in [0.2, 0.25) is 0 Å². The molecule has 200 valence electrons. The van der Waals surface area contributed by atoms with Gasteiger partial charge < -0.3 is 24.8 Å². The third kappa shape index (κ3) is 5.69. The van der Waals surface area contributed by atoms with Crippen molar-refractivity contribution in [2.45, 2.75) is 31.9 Å². The van der Waals surface area contributed by atoms with E-state index in [9.17, 15) is 5.11 Å². The lowest BCUT2D eigenvalue weighted by Crippen LogP contribution is -2.37. The van der Waals surface area contributed by atoms with Gasteiger partial charge in [0.2, 0.25) is 0 Å². The molecule has 2 N–H and O–H groups in total. The molecule has 0 amide bonds. The molecule has 4 heterocycles. The molecular formula is C27H34N8O3. The van der Waals surface area contributed by atoms with Gasteiger partial charge in [-0.2, -0.15) is 10.2 Å². The average molecular weight is 519 g/mol. The van der Waals surface area contributed by atoms with E-state index in [1.54, 1.807) is 28.8 Å². The number of aliphatic hydroxyl groups is 1. The van der Waals surface area contributed by atoms with E-state index in [1.165, 1.54) is 0 Å². The molecule has 38 heavy (non-hydrogen) atoms. The van der Waals surface area contributed by atoms with Crippen molar-refractivity contribution in [3.63, 3.8) is 0 Å². The Hall–Kier alpha value is -3.80. The van der Waals surface area contributed by atoms with Gasteiger partial charge in [0.1, 0.15) is 24.3 Å². The van der Waals surface area contributed by atoms with Crippen molar-refractivity contribution in [3.8, 4) is 28.6 Å². The molecule has 0 aliphatic carbocycles. The van der Waals surface area contributed by atoms with Crippen LogP contribution in [0.5, 0.6) is 5.75 Å². The molecule has 1 fully saturated rings. The Balaban J connectivity index is 1.60. The van der Waals surface area contributed by atoms with Crippen molar-refractivity contribution in [2.24, 2.45) is 0 Å². The van der Waals surface area contributed by atoms with Gasteiger partial charge in [0.15, 0.2) is 11.6 Å². The van der Waals surface area contributed by atoms with Crippen molar-refractivity contribution in [1.82, 2.24) is 34.8 Å². The molecular weight excluding hydrogens is 484 g/mol. The third-order valence-corrected chi connectivity index (χ3v) is 6.69. The van der Waals surface area contributed by atoms with E-state index in [2.05, 4.69) is 27.5 Å². The first-order valence-corrected chi connectivity index (χ1v) is 12.8. The summed E-state index contributed by atoms with van der Waals surface area (Å²) in [6.45, 7) is 4.09. The van der Waals surface area contributed by atoms with Crippen molar-refractivity contribution < 1.29 is 14.6 Å². The minimum absolute atomic E-state index is 0.147. The fraction of sp³-hybridized carbons (Fsp3) is 0.407. The third-order valence-electron chi connectivity index (χ3n) is 6.69. The fourth-order valence-electron chi connectivity index (χ4n) is 4.66. The molecule has 11 nitrogen and oxygen atoms in total. The van der Waals surface area contributed by atoms with Gasteiger partial charge in [-0.05, 0) is 51.1 Å². The first kappa shape index (κ1) is 25.8. The zero-order chi connectivity index (χ0) is 26.5. The van der Waals surface area contributed by atoms with E-state index < -0.39 is 6.10 Å². The second-order valence-electron chi connectivity index (χ2n) is 9.41. The normalized spacial score (nSPS) is 14.9. The molecule has 0 radical (unpaired) electrons. The van der Waals surface area contributed by atoms with Crippen molar-refractivity contribution in [2.75, 3.05) is 45.4 Å². The molecule has 0 spiro atoms. The number of ether oxygens (including phenoxy) is 2. The SMILES string of the molecule is CNCC(O)COc1cc(-c2nc(N(C)C3CCOCC3)c(C)c(-n3cccn3)n2)cc(-n2cccn2)c1. The van der Waals surface area contributed by atoms with E-state index in [-0.39, 0.29) is 6.61 Å². The van der Waals surface area contributed by atoms with Crippen molar-refractivity contribution >= 4 is 5.82 Å². The summed E-state index contributed by atoms with van der Waals surface area (Å²) in [6.07, 6.45) is 8.46. The maximum Gasteiger partial charge on any atom is 0.164 e. The molecule has 4 aromatic rings. The molecule has 1 aromatic carbocycles. The van der Waals surface area contributed by atoms with Gasteiger partial charge in [-0.25, -0.2) is 19.3 Å². The summed E-state index contributed by atoms with van der Waals surface area (Å²) in [4.78, 5) is 12.3. The zero-order valence-electron chi connectivity index (χ0n) is 22.0. The van der Waals surface area contributed by atoms with Crippen LogP contribution in [0.1, 0.15) is 18.4 Å². The molecule has 0 saturated carbocycles. The summed E-state index contributed by atoms with van der Waals surface area (Å²) < 4.78 is 15.1. The van der Waals surface area contributed by atoms with Gasteiger partial charge >= 0.3 is 0 Å². The maximum atomic E-state index is 10.2. The smallest absolute Gasteiger partial charge is 0.164 e. The van der Waals surface area contributed by atoms with Crippen LogP contribution >= 0.6 is 0 Å². The van der Waals surface area contributed by atoms with Crippen LogP contribution in [-0.4, -0.2) is 87.2 Å². The Morgan fingerprint density at radius 3 is 2.53 bits per heavy atom. The van der Waals surface area contributed by atoms with E-state index in [4.69, 9.17) is 19.4 Å². The lowest BCUT2D eigenvalue weighted by atomic mass is 10.1. The first-order valence-electron chi connectivity index (χ1n) is 12.8. The van der Waals surface area contributed by atoms with Crippen molar-refractivity contribution in [1.29, 1.82) is 0 Å². The quantitative estimate of drug-likeness (QED) is 0.326. The predicted molar refractivity (Wildman–Crippen MR) is 144 cm³/mol. The van der Waals surface area contributed by atoms with E-state index in [0.29, 0.717) is 30.0 Å². The number of benzene rings is 1. The number of likely N-dealkylation sites (N-methyl/N-ethyl adjacent to an activating group) is 1. The summed E-state index contributed by atoms with van der Waals surface area (Å²) in [7, 11) is 3.88. The second-order valence-corrected chi connectivity index (χ2v) is 9.41. The highest BCUT2D eigenvalue weighted by Crippen LogP contribution is 2.32. The van der Waals surface area contributed by atoms with Gasteiger partial charge in [0.05, 0.1) is 5.69 Å². The Bertz CT molecular complexity index is 1320. The van der Waals surface area contributed by atoms with Crippen molar-refractivity contribution in [3.05, 3.63) is 60.7 Å². The standard InChI is InChI=1S/C27H34N8O3/c1-19-26(33(3)21-6-12-37-13-7-21)31-25(32-27(19)35-11-5-9-30-35)20-14-22(34-10-4-8-29-34)16-24(15-20)38-18-23(36)17-28-2/h4-5,8-11,14-16,21,23,28,36H,6-7,12-13,17-18H2,1-3H3. The predicted octanol–water partition coefficient (Wildman–Crippen LogP) is 2.40.